The molecule has 0 bridgehead atoms. The van der Waals surface area contributed by atoms with Crippen molar-refractivity contribution in [1.82, 2.24) is 0 Å². The fourth-order valence-corrected chi connectivity index (χ4v) is 1.65. The van der Waals surface area contributed by atoms with Gasteiger partial charge in [0, 0.05) is 12.3 Å². The molecule has 3 N–H and O–H groups in total. The first-order valence-electron chi connectivity index (χ1n) is 6.40. The third-order valence-electron chi connectivity index (χ3n) is 2.77. The second kappa shape index (κ2) is 8.37. The van der Waals surface area contributed by atoms with Gasteiger partial charge in [0.2, 0.25) is 0 Å². The molecule has 5 heteroatoms. The first-order chi connectivity index (χ1) is 9.19. The Balaban J connectivity index is 2.40. The minimum atomic E-state index is -0.432. The highest BCUT2D eigenvalue weighted by atomic mass is 16.5. The van der Waals surface area contributed by atoms with Gasteiger partial charge in [0.25, 0.3) is 0 Å². The molecule has 0 aliphatic heterocycles. The number of unbranched alkanes of at least 4 members (excludes halogenated alkanes) is 3. The molecule has 1 aromatic rings. The van der Waals surface area contributed by atoms with E-state index >= 15 is 0 Å². The fourth-order valence-electron chi connectivity index (χ4n) is 1.65. The molecule has 0 fully saturated rings. The summed E-state index contributed by atoms with van der Waals surface area (Å²) in [6.07, 6.45) is 3.45. The number of esters is 1. The van der Waals surface area contributed by atoms with Gasteiger partial charge in [-0.25, -0.2) is 4.79 Å². The number of carbonyl (C=O) groups is 1. The van der Waals surface area contributed by atoms with Gasteiger partial charge in [-0.3, -0.25) is 0 Å². The van der Waals surface area contributed by atoms with Crippen molar-refractivity contribution in [3.05, 3.63) is 23.8 Å². The number of aliphatic hydroxyl groups is 1. The molecule has 0 atom stereocenters. The second-order valence-electron chi connectivity index (χ2n) is 4.23. The van der Waals surface area contributed by atoms with Gasteiger partial charge >= 0.3 is 5.97 Å². The zero-order valence-corrected chi connectivity index (χ0v) is 11.2. The summed E-state index contributed by atoms with van der Waals surface area (Å²) in [5, 5.41) is 8.63. The van der Waals surface area contributed by atoms with Crippen molar-refractivity contribution in [2.24, 2.45) is 0 Å². The van der Waals surface area contributed by atoms with Crippen LogP contribution in [-0.4, -0.2) is 31.4 Å². The maximum atomic E-state index is 11.8. The lowest BCUT2D eigenvalue weighted by Gasteiger charge is -2.08. The average Bonchev–Trinajstić information content (AvgIpc) is 2.43. The van der Waals surface area contributed by atoms with Gasteiger partial charge in [-0.2, -0.15) is 0 Å². The molecule has 5 nitrogen and oxygen atoms in total. The van der Waals surface area contributed by atoms with Gasteiger partial charge in [0.1, 0.15) is 5.75 Å². The van der Waals surface area contributed by atoms with Crippen LogP contribution in [0, 0.1) is 0 Å². The van der Waals surface area contributed by atoms with Crippen LogP contribution >= 0.6 is 0 Å². The summed E-state index contributed by atoms with van der Waals surface area (Å²) in [6.45, 7) is 0.570. The van der Waals surface area contributed by atoms with Crippen LogP contribution < -0.4 is 10.5 Å². The largest absolute Gasteiger partial charge is 0.497 e. The summed E-state index contributed by atoms with van der Waals surface area (Å²) >= 11 is 0. The molecule has 0 aliphatic carbocycles. The third kappa shape index (κ3) is 5.18. The van der Waals surface area contributed by atoms with Gasteiger partial charge in [-0.15, -0.1) is 0 Å². The second-order valence-corrected chi connectivity index (χ2v) is 4.23. The molecule has 0 unspecified atom stereocenters. The number of aliphatic hydroxyl groups excluding tert-OH is 1. The molecule has 0 saturated carbocycles. The predicted molar refractivity (Wildman–Crippen MR) is 73.2 cm³/mol. The summed E-state index contributed by atoms with van der Waals surface area (Å²) < 4.78 is 10.2. The molecule has 0 radical (unpaired) electrons. The van der Waals surface area contributed by atoms with E-state index in [0.29, 0.717) is 23.6 Å². The van der Waals surface area contributed by atoms with E-state index in [2.05, 4.69) is 0 Å². The Morgan fingerprint density at radius 2 is 2.00 bits per heavy atom. The number of nitrogens with two attached hydrogens (primary N) is 1. The number of carbonyl (C=O) groups excluding carboxylic acids is 1. The van der Waals surface area contributed by atoms with Crippen LogP contribution in [0.4, 0.5) is 5.69 Å². The van der Waals surface area contributed by atoms with Crippen LogP contribution in [0.25, 0.3) is 0 Å². The summed E-state index contributed by atoms with van der Waals surface area (Å²) in [5.41, 5.74) is 6.44. The van der Waals surface area contributed by atoms with Gasteiger partial charge in [0.15, 0.2) is 0 Å². The van der Waals surface area contributed by atoms with E-state index in [0.717, 1.165) is 25.7 Å². The summed E-state index contributed by atoms with van der Waals surface area (Å²) in [5.74, 6) is 0.141. The van der Waals surface area contributed by atoms with Gasteiger partial charge in [-0.05, 0) is 37.5 Å². The molecule has 0 heterocycles. The van der Waals surface area contributed by atoms with Crippen LogP contribution in [0.3, 0.4) is 0 Å². The number of anilines is 1. The average molecular weight is 267 g/mol. The van der Waals surface area contributed by atoms with Crippen LogP contribution in [0.1, 0.15) is 36.0 Å². The number of methoxy groups -OCH3 is 1. The van der Waals surface area contributed by atoms with Crippen LogP contribution in [0.15, 0.2) is 18.2 Å². The quantitative estimate of drug-likeness (QED) is 0.427. The van der Waals surface area contributed by atoms with Gasteiger partial charge in [-0.1, -0.05) is 6.42 Å². The van der Waals surface area contributed by atoms with E-state index in [1.54, 1.807) is 18.2 Å². The standard InChI is InChI=1S/C14H21NO4/c1-18-11-6-7-13(15)12(10-11)14(17)19-9-5-3-2-4-8-16/h6-7,10,16H,2-5,8-9,15H2,1H3. The maximum Gasteiger partial charge on any atom is 0.340 e. The fraction of sp³-hybridized carbons (Fsp3) is 0.500. The summed E-state index contributed by atoms with van der Waals surface area (Å²) in [4.78, 5) is 11.8. The first-order valence-corrected chi connectivity index (χ1v) is 6.40. The van der Waals surface area contributed by atoms with Crippen LogP contribution in [0.2, 0.25) is 0 Å². The number of rotatable bonds is 8. The zero-order chi connectivity index (χ0) is 14.1. The minimum Gasteiger partial charge on any atom is -0.497 e. The van der Waals surface area contributed by atoms with Crippen LogP contribution in [0.5, 0.6) is 5.75 Å². The maximum absolute atomic E-state index is 11.8. The van der Waals surface area contributed by atoms with Crippen molar-refractivity contribution >= 4 is 11.7 Å². The monoisotopic (exact) mass is 267 g/mol. The molecular formula is C14H21NO4. The Labute approximate surface area is 113 Å². The smallest absolute Gasteiger partial charge is 0.340 e. The molecule has 0 saturated heterocycles. The minimum absolute atomic E-state index is 0.208. The van der Waals surface area contributed by atoms with Crippen molar-refractivity contribution in [3.63, 3.8) is 0 Å². The van der Waals surface area contributed by atoms with Crippen molar-refractivity contribution in [2.75, 3.05) is 26.1 Å². The Morgan fingerprint density at radius 3 is 2.68 bits per heavy atom. The number of nitrogen functional groups attached to an aromatic ring is 1. The van der Waals surface area contributed by atoms with E-state index in [1.165, 1.54) is 7.11 Å². The van der Waals surface area contributed by atoms with E-state index in [-0.39, 0.29) is 6.61 Å². The van der Waals surface area contributed by atoms with Crippen molar-refractivity contribution in [2.45, 2.75) is 25.7 Å². The number of hydrogen-bond acceptors (Lipinski definition) is 5. The highest BCUT2D eigenvalue weighted by Crippen LogP contribution is 2.20. The van der Waals surface area contributed by atoms with Crippen molar-refractivity contribution in [1.29, 1.82) is 0 Å². The van der Waals surface area contributed by atoms with E-state index in [9.17, 15) is 4.79 Å². The molecule has 1 aromatic carbocycles. The normalized spacial score (nSPS) is 10.2. The molecule has 0 spiro atoms. The van der Waals surface area contributed by atoms with Gasteiger partial charge < -0.3 is 20.3 Å². The zero-order valence-electron chi connectivity index (χ0n) is 11.2. The van der Waals surface area contributed by atoms with Crippen LogP contribution in [-0.2, 0) is 4.74 Å². The van der Waals surface area contributed by atoms with E-state index < -0.39 is 5.97 Å². The predicted octanol–water partition coefficient (Wildman–Crippen LogP) is 1.99. The number of hydrogen-bond donors (Lipinski definition) is 2. The summed E-state index contributed by atoms with van der Waals surface area (Å²) in [6, 6.07) is 4.89. The highest BCUT2D eigenvalue weighted by molar-refractivity contribution is 5.95. The Bertz CT molecular complexity index is 406. The summed E-state index contributed by atoms with van der Waals surface area (Å²) in [7, 11) is 1.53. The third-order valence-corrected chi connectivity index (χ3v) is 2.77. The molecule has 19 heavy (non-hydrogen) atoms. The number of ether oxygens (including phenoxy) is 2. The molecule has 0 aliphatic rings. The molecular weight excluding hydrogens is 246 g/mol. The van der Waals surface area contributed by atoms with Crippen molar-refractivity contribution < 1.29 is 19.4 Å². The van der Waals surface area contributed by atoms with E-state index in [4.69, 9.17) is 20.3 Å². The first kappa shape index (κ1) is 15.3. The number of benzene rings is 1. The molecule has 1 rings (SSSR count). The highest BCUT2D eigenvalue weighted by Gasteiger charge is 2.12. The Kier molecular flexibility index (Phi) is 6.74. The van der Waals surface area contributed by atoms with Crippen molar-refractivity contribution in [3.8, 4) is 5.75 Å². The molecule has 0 amide bonds. The lowest BCUT2D eigenvalue weighted by atomic mass is 10.1. The molecule has 106 valence electrons. The molecule has 0 aromatic heterocycles. The lowest BCUT2D eigenvalue weighted by Crippen LogP contribution is -2.09. The van der Waals surface area contributed by atoms with E-state index in [1.807, 2.05) is 0 Å². The Morgan fingerprint density at radius 1 is 1.26 bits per heavy atom. The lowest BCUT2D eigenvalue weighted by molar-refractivity contribution is 0.0498. The van der Waals surface area contributed by atoms with Gasteiger partial charge in [0.05, 0.1) is 19.3 Å². The SMILES string of the molecule is COc1ccc(N)c(C(=O)OCCCCCCO)c1. The Hall–Kier alpha value is -1.75. The topological polar surface area (TPSA) is 81.8 Å².